The lowest BCUT2D eigenvalue weighted by Crippen LogP contribution is -1.80. The van der Waals surface area contributed by atoms with Gasteiger partial charge < -0.3 is 4.52 Å². The molecule has 0 radical (unpaired) electrons. The van der Waals surface area contributed by atoms with Crippen LogP contribution in [0.3, 0.4) is 0 Å². The van der Waals surface area contributed by atoms with Gasteiger partial charge in [-0.25, -0.2) is 0 Å². The van der Waals surface area contributed by atoms with Crippen LogP contribution in [0.2, 0.25) is 0 Å². The van der Waals surface area contributed by atoms with E-state index in [2.05, 4.69) is 15.1 Å². The normalized spacial score (nSPS) is 11.7. The maximum atomic E-state index is 6.16. The average molecular weight is 290 g/mol. The van der Waals surface area contributed by atoms with E-state index in [-0.39, 0.29) is 0 Å². The Labute approximate surface area is 118 Å². The molecule has 94 valence electrons. The van der Waals surface area contributed by atoms with Gasteiger partial charge >= 0.3 is 0 Å². The highest BCUT2D eigenvalue weighted by atomic mass is 35.5. The lowest BCUT2D eigenvalue weighted by atomic mass is 10.2. The molecule has 0 saturated carbocycles. The van der Waals surface area contributed by atoms with E-state index < -0.39 is 0 Å². The highest BCUT2D eigenvalue weighted by molar-refractivity contribution is 7.08. The van der Waals surface area contributed by atoms with Gasteiger partial charge in [-0.1, -0.05) is 22.8 Å². The molecule has 0 aliphatic carbocycles. The number of rotatable bonds is 3. The van der Waals surface area contributed by atoms with Crippen molar-refractivity contribution in [2.75, 3.05) is 0 Å². The first-order chi connectivity index (χ1) is 9.33. The van der Waals surface area contributed by atoms with Crippen LogP contribution in [0.15, 0.2) is 45.9 Å². The summed E-state index contributed by atoms with van der Waals surface area (Å²) in [5.41, 5.74) is 1.80. The van der Waals surface area contributed by atoms with Crippen LogP contribution in [-0.4, -0.2) is 15.1 Å². The number of hydrogen-bond donors (Lipinski definition) is 0. The molecule has 0 unspecified atom stereocenters. The van der Waals surface area contributed by atoms with Gasteiger partial charge in [0.15, 0.2) is 0 Å². The van der Waals surface area contributed by atoms with Crippen LogP contribution >= 0.6 is 22.9 Å². The Morgan fingerprint density at radius 3 is 3.05 bits per heavy atom. The second-order valence-corrected chi connectivity index (χ2v) is 4.90. The molecule has 6 heteroatoms. The summed E-state index contributed by atoms with van der Waals surface area (Å²) in [5.74, 6) is 0.834. The minimum Gasteiger partial charge on any atom is -0.333 e. The van der Waals surface area contributed by atoms with Crippen molar-refractivity contribution in [1.82, 2.24) is 15.1 Å². The smallest absolute Gasteiger partial charge is 0.269 e. The Kier molecular flexibility index (Phi) is 3.39. The summed E-state index contributed by atoms with van der Waals surface area (Å²) in [7, 11) is 0. The molecule has 3 aromatic heterocycles. The van der Waals surface area contributed by atoms with E-state index >= 15 is 0 Å². The van der Waals surface area contributed by atoms with Crippen molar-refractivity contribution in [3.05, 3.63) is 52.8 Å². The fourth-order valence-electron chi connectivity index (χ4n) is 1.50. The Bertz CT molecular complexity index is 692. The van der Waals surface area contributed by atoms with Gasteiger partial charge in [0.05, 0.1) is 0 Å². The molecule has 4 nitrogen and oxygen atoms in total. The van der Waals surface area contributed by atoms with E-state index in [0.29, 0.717) is 16.7 Å². The van der Waals surface area contributed by atoms with Crippen LogP contribution in [0.5, 0.6) is 0 Å². The average Bonchev–Trinajstić information content (AvgIpc) is 3.11. The number of pyridine rings is 1. The summed E-state index contributed by atoms with van der Waals surface area (Å²) < 4.78 is 5.15. The van der Waals surface area contributed by atoms with Crippen LogP contribution in [0, 0.1) is 0 Å². The van der Waals surface area contributed by atoms with Crippen molar-refractivity contribution in [2.45, 2.75) is 0 Å². The predicted molar refractivity (Wildman–Crippen MR) is 75.6 cm³/mol. The third kappa shape index (κ3) is 2.72. The van der Waals surface area contributed by atoms with Crippen molar-refractivity contribution in [1.29, 1.82) is 0 Å². The maximum Gasteiger partial charge on any atom is 0.269 e. The van der Waals surface area contributed by atoms with E-state index in [9.17, 15) is 0 Å². The molecule has 0 aliphatic heterocycles. The molecule has 0 aliphatic rings. The van der Waals surface area contributed by atoms with Gasteiger partial charge in [-0.2, -0.15) is 16.3 Å². The molecule has 0 fully saturated rings. The quantitative estimate of drug-likeness (QED) is 0.733. The van der Waals surface area contributed by atoms with Crippen molar-refractivity contribution < 1.29 is 4.52 Å². The first-order valence-electron chi connectivity index (χ1n) is 5.47. The van der Waals surface area contributed by atoms with Crippen LogP contribution in [0.1, 0.15) is 11.5 Å². The summed E-state index contributed by atoms with van der Waals surface area (Å²) in [6.07, 6.45) is 5.14. The fourth-order valence-corrected chi connectivity index (χ4v) is 2.34. The number of aromatic nitrogens is 3. The second-order valence-electron chi connectivity index (χ2n) is 3.71. The Morgan fingerprint density at radius 1 is 1.37 bits per heavy atom. The highest BCUT2D eigenvalue weighted by Crippen LogP contribution is 2.24. The summed E-state index contributed by atoms with van der Waals surface area (Å²) >= 11 is 7.73. The van der Waals surface area contributed by atoms with Crippen molar-refractivity contribution in [3.8, 4) is 11.4 Å². The first kappa shape index (κ1) is 12.1. The zero-order valence-corrected chi connectivity index (χ0v) is 11.2. The summed E-state index contributed by atoms with van der Waals surface area (Å²) in [4.78, 5) is 8.27. The summed E-state index contributed by atoms with van der Waals surface area (Å²) in [5, 5.41) is 8.20. The molecule has 0 aromatic carbocycles. The van der Waals surface area contributed by atoms with Crippen LogP contribution in [0.25, 0.3) is 22.5 Å². The van der Waals surface area contributed by atoms with E-state index in [1.54, 1.807) is 29.8 Å². The van der Waals surface area contributed by atoms with Gasteiger partial charge in [-0.05, 0) is 29.2 Å². The molecular weight excluding hydrogens is 282 g/mol. The van der Waals surface area contributed by atoms with E-state index in [0.717, 1.165) is 11.1 Å². The van der Waals surface area contributed by atoms with Crippen molar-refractivity contribution in [2.24, 2.45) is 0 Å². The molecule has 0 N–H and O–H groups in total. The zero-order chi connectivity index (χ0) is 13.1. The van der Waals surface area contributed by atoms with Crippen LogP contribution < -0.4 is 0 Å². The van der Waals surface area contributed by atoms with Crippen LogP contribution in [-0.2, 0) is 0 Å². The Morgan fingerprint density at radius 2 is 2.32 bits per heavy atom. The van der Waals surface area contributed by atoms with E-state index in [1.807, 2.05) is 29.0 Å². The SMILES string of the molecule is Cl/C(=C\c1cccnc1)c1nc(-c2ccsc2)no1. The molecule has 3 heterocycles. The minimum atomic E-state index is 0.298. The molecule has 19 heavy (non-hydrogen) atoms. The standard InChI is InChI=1S/C13H8ClN3OS/c14-11(6-9-2-1-4-15-7-9)13-16-12(17-18-13)10-3-5-19-8-10/h1-8H/b11-6-. The zero-order valence-electron chi connectivity index (χ0n) is 9.65. The lowest BCUT2D eigenvalue weighted by Gasteiger charge is -1.92. The predicted octanol–water partition coefficient (Wildman–Crippen LogP) is 3.93. The van der Waals surface area contributed by atoms with Gasteiger partial charge in [-0.3, -0.25) is 4.98 Å². The number of nitrogens with zero attached hydrogens (tertiary/aromatic N) is 3. The van der Waals surface area contributed by atoms with Crippen molar-refractivity contribution in [3.63, 3.8) is 0 Å². The third-order valence-electron chi connectivity index (χ3n) is 2.39. The first-order valence-corrected chi connectivity index (χ1v) is 6.79. The molecule has 3 aromatic rings. The van der Waals surface area contributed by atoms with E-state index in [1.165, 1.54) is 0 Å². The molecule has 3 rings (SSSR count). The summed E-state index contributed by atoms with van der Waals surface area (Å²) in [6, 6.07) is 5.66. The second kappa shape index (κ2) is 5.34. The van der Waals surface area contributed by atoms with E-state index in [4.69, 9.17) is 16.1 Å². The molecule has 0 atom stereocenters. The molecule has 0 saturated heterocycles. The molecular formula is C13H8ClN3OS. The number of thiophene rings is 1. The lowest BCUT2D eigenvalue weighted by molar-refractivity contribution is 0.410. The Hall–Kier alpha value is -1.98. The van der Waals surface area contributed by atoms with Gasteiger partial charge in [0.2, 0.25) is 5.82 Å². The largest absolute Gasteiger partial charge is 0.333 e. The van der Waals surface area contributed by atoms with Crippen molar-refractivity contribution >= 4 is 34.0 Å². The van der Waals surface area contributed by atoms with Gasteiger partial charge in [-0.15, -0.1) is 0 Å². The molecule has 0 amide bonds. The highest BCUT2D eigenvalue weighted by Gasteiger charge is 2.11. The fraction of sp³-hybridized carbons (Fsp3) is 0. The van der Waals surface area contributed by atoms with Gasteiger partial charge in [0.25, 0.3) is 5.89 Å². The molecule has 0 bridgehead atoms. The maximum absolute atomic E-state index is 6.16. The van der Waals surface area contributed by atoms with Crippen LogP contribution in [0.4, 0.5) is 0 Å². The summed E-state index contributed by atoms with van der Waals surface area (Å²) in [6.45, 7) is 0. The molecule has 0 spiro atoms. The van der Waals surface area contributed by atoms with Gasteiger partial charge in [0.1, 0.15) is 5.03 Å². The van der Waals surface area contributed by atoms with Gasteiger partial charge in [0, 0.05) is 23.3 Å². The topological polar surface area (TPSA) is 51.8 Å². The minimum absolute atomic E-state index is 0.298. The Balaban J connectivity index is 1.89. The number of halogens is 1. The monoisotopic (exact) mass is 289 g/mol. The third-order valence-corrected chi connectivity index (χ3v) is 3.34. The number of hydrogen-bond acceptors (Lipinski definition) is 5.